The van der Waals surface area contributed by atoms with Gasteiger partial charge in [-0.3, -0.25) is 13.9 Å². The van der Waals surface area contributed by atoms with E-state index in [1.807, 2.05) is 0 Å². The molecule has 1 saturated carbocycles. The van der Waals surface area contributed by atoms with Crippen molar-refractivity contribution in [2.45, 2.75) is 68.7 Å². The van der Waals surface area contributed by atoms with Crippen LogP contribution in [0.1, 0.15) is 50.2 Å². The highest BCUT2D eigenvalue weighted by atomic mass is 35.5. The van der Waals surface area contributed by atoms with Crippen molar-refractivity contribution in [3.8, 4) is 0 Å². The Balaban J connectivity index is 1.75. The van der Waals surface area contributed by atoms with Gasteiger partial charge in [0.05, 0.1) is 21.2 Å². The Morgan fingerprint density at radius 2 is 1.60 bits per heavy atom. The Labute approximate surface area is 275 Å². The van der Waals surface area contributed by atoms with Gasteiger partial charge in [-0.25, -0.2) is 8.42 Å². The smallest absolute Gasteiger partial charge is 0.352 e. The van der Waals surface area contributed by atoms with Crippen LogP contribution in [0.5, 0.6) is 0 Å². The van der Waals surface area contributed by atoms with Crippen LogP contribution in [0, 0.1) is 0 Å². The normalized spacial score (nSPS) is 14.9. The maximum Gasteiger partial charge on any atom is 0.417 e. The molecule has 0 spiro atoms. The van der Waals surface area contributed by atoms with Crippen molar-refractivity contribution in [2.75, 3.05) is 10.8 Å². The molecule has 1 unspecified atom stereocenters. The number of hydrogen-bond donors (Lipinski definition) is 1. The van der Waals surface area contributed by atoms with Gasteiger partial charge >= 0.3 is 6.18 Å². The molecule has 0 aromatic heterocycles. The molecule has 3 aromatic rings. The predicted octanol–water partition coefficient (Wildman–Crippen LogP) is 7.73. The van der Waals surface area contributed by atoms with Crippen molar-refractivity contribution in [1.29, 1.82) is 0 Å². The number of rotatable bonds is 10. The topological polar surface area (TPSA) is 86.8 Å². The number of carbonyl (C=O) groups is 2. The van der Waals surface area contributed by atoms with Crippen LogP contribution in [0.15, 0.2) is 71.6 Å². The first-order valence-electron chi connectivity index (χ1n) is 14.2. The highest BCUT2D eigenvalue weighted by molar-refractivity contribution is 7.92. The second kappa shape index (κ2) is 14.6. The molecule has 14 heteroatoms. The lowest BCUT2D eigenvalue weighted by atomic mass is 9.95. The number of anilines is 1. The molecule has 0 bridgehead atoms. The number of carbonyl (C=O) groups excluding carboxylic acids is 2. The fourth-order valence-electron chi connectivity index (χ4n) is 5.12. The molecule has 45 heavy (non-hydrogen) atoms. The predicted molar refractivity (Wildman–Crippen MR) is 169 cm³/mol. The van der Waals surface area contributed by atoms with E-state index in [2.05, 4.69) is 5.32 Å². The van der Waals surface area contributed by atoms with Gasteiger partial charge in [0.2, 0.25) is 11.8 Å². The van der Waals surface area contributed by atoms with Gasteiger partial charge in [-0.05, 0) is 67.8 Å². The SMILES string of the molecule is CC(C(=O)NC1CCCCC1)N(Cc1ccc(Cl)cc1Cl)C(=O)CN(c1ccc(Cl)c(C(F)(F)F)c1)S(=O)(=O)c1ccccc1. The molecular formula is C31H31Cl3F3N3O4S. The summed E-state index contributed by atoms with van der Waals surface area (Å²) in [4.78, 5) is 28.4. The van der Waals surface area contributed by atoms with E-state index < -0.39 is 56.9 Å². The van der Waals surface area contributed by atoms with Crippen LogP contribution in [0.4, 0.5) is 18.9 Å². The monoisotopic (exact) mass is 703 g/mol. The van der Waals surface area contributed by atoms with Crippen LogP contribution in [0.3, 0.4) is 0 Å². The van der Waals surface area contributed by atoms with Crippen molar-refractivity contribution < 1.29 is 31.2 Å². The van der Waals surface area contributed by atoms with Gasteiger partial charge in [0.15, 0.2) is 0 Å². The maximum absolute atomic E-state index is 14.1. The van der Waals surface area contributed by atoms with Crippen LogP contribution in [0.2, 0.25) is 15.1 Å². The second-order valence-electron chi connectivity index (χ2n) is 10.8. The Hall–Kier alpha value is -2.99. The molecule has 0 radical (unpaired) electrons. The van der Waals surface area contributed by atoms with Gasteiger partial charge in [-0.1, -0.05) is 78.3 Å². The highest BCUT2D eigenvalue weighted by Gasteiger charge is 2.37. The molecule has 0 heterocycles. The Kier molecular flexibility index (Phi) is 11.3. The molecule has 1 N–H and O–H groups in total. The third-order valence-corrected chi connectivity index (χ3v) is 10.3. The van der Waals surface area contributed by atoms with Crippen LogP contribution in [-0.4, -0.2) is 43.8 Å². The maximum atomic E-state index is 14.1. The fourth-order valence-corrected chi connectivity index (χ4v) is 7.24. The van der Waals surface area contributed by atoms with Crippen molar-refractivity contribution >= 4 is 62.3 Å². The zero-order chi connectivity index (χ0) is 32.9. The molecule has 1 aliphatic carbocycles. The van der Waals surface area contributed by atoms with Crippen molar-refractivity contribution in [3.63, 3.8) is 0 Å². The summed E-state index contributed by atoms with van der Waals surface area (Å²) in [6.07, 6.45) is -0.352. The van der Waals surface area contributed by atoms with E-state index in [0.717, 1.165) is 49.1 Å². The fraction of sp³-hybridized carbons (Fsp3) is 0.355. The molecule has 7 nitrogen and oxygen atoms in total. The molecule has 4 rings (SSSR count). The van der Waals surface area contributed by atoms with Crippen molar-refractivity contribution in [2.24, 2.45) is 0 Å². The lowest BCUT2D eigenvalue weighted by Gasteiger charge is -2.33. The van der Waals surface area contributed by atoms with Crippen LogP contribution in [-0.2, 0) is 32.3 Å². The summed E-state index contributed by atoms with van der Waals surface area (Å²) in [5.41, 5.74) is -1.28. The molecule has 1 aliphatic rings. The van der Waals surface area contributed by atoms with E-state index in [0.29, 0.717) is 21.0 Å². The summed E-state index contributed by atoms with van der Waals surface area (Å²) in [5, 5.41) is 2.89. The van der Waals surface area contributed by atoms with Gasteiger partial charge in [0.25, 0.3) is 10.0 Å². The minimum absolute atomic E-state index is 0.0745. The van der Waals surface area contributed by atoms with Gasteiger partial charge in [0.1, 0.15) is 12.6 Å². The molecule has 1 fully saturated rings. The number of sulfonamides is 1. The van der Waals surface area contributed by atoms with E-state index in [1.165, 1.54) is 37.3 Å². The number of halogens is 6. The Morgan fingerprint density at radius 3 is 2.22 bits per heavy atom. The molecular weight excluding hydrogens is 674 g/mol. The van der Waals surface area contributed by atoms with E-state index in [4.69, 9.17) is 34.8 Å². The zero-order valence-corrected chi connectivity index (χ0v) is 27.2. The summed E-state index contributed by atoms with van der Waals surface area (Å²) >= 11 is 18.3. The number of hydrogen-bond acceptors (Lipinski definition) is 4. The number of nitrogens with one attached hydrogen (secondary N) is 1. The molecule has 242 valence electrons. The first-order chi connectivity index (χ1) is 21.2. The first kappa shape index (κ1) is 34.9. The van der Waals surface area contributed by atoms with Gasteiger partial charge < -0.3 is 10.2 Å². The minimum Gasteiger partial charge on any atom is -0.352 e. The van der Waals surface area contributed by atoms with E-state index in [1.54, 1.807) is 18.2 Å². The van der Waals surface area contributed by atoms with E-state index in [9.17, 15) is 31.2 Å². The highest BCUT2D eigenvalue weighted by Crippen LogP contribution is 2.38. The lowest BCUT2D eigenvalue weighted by Crippen LogP contribution is -2.53. The summed E-state index contributed by atoms with van der Waals surface area (Å²) in [5.74, 6) is -1.31. The second-order valence-corrected chi connectivity index (χ2v) is 13.9. The van der Waals surface area contributed by atoms with Crippen LogP contribution < -0.4 is 9.62 Å². The Bertz CT molecular complexity index is 1640. The number of alkyl halides is 3. The summed E-state index contributed by atoms with van der Waals surface area (Å²) in [6.45, 7) is 0.365. The van der Waals surface area contributed by atoms with Crippen molar-refractivity contribution in [1.82, 2.24) is 10.2 Å². The number of nitrogens with zero attached hydrogens (tertiary/aromatic N) is 2. The van der Waals surface area contributed by atoms with Crippen LogP contribution >= 0.6 is 34.8 Å². The third-order valence-electron chi connectivity index (χ3n) is 7.63. The first-order valence-corrected chi connectivity index (χ1v) is 16.7. The Morgan fingerprint density at radius 1 is 0.933 bits per heavy atom. The molecule has 2 amide bonds. The summed E-state index contributed by atoms with van der Waals surface area (Å²) < 4.78 is 69.8. The van der Waals surface area contributed by atoms with Crippen LogP contribution in [0.25, 0.3) is 0 Å². The summed E-state index contributed by atoms with van der Waals surface area (Å²) in [7, 11) is -4.58. The molecule has 3 aromatic carbocycles. The van der Waals surface area contributed by atoms with Gasteiger partial charge in [-0.2, -0.15) is 13.2 Å². The van der Waals surface area contributed by atoms with Gasteiger partial charge in [0, 0.05) is 22.6 Å². The summed E-state index contributed by atoms with van der Waals surface area (Å²) in [6, 6.07) is 13.0. The lowest BCUT2D eigenvalue weighted by molar-refractivity contribution is -0.139. The van der Waals surface area contributed by atoms with E-state index >= 15 is 0 Å². The number of amides is 2. The molecule has 0 saturated heterocycles. The largest absolute Gasteiger partial charge is 0.417 e. The van der Waals surface area contributed by atoms with Crippen molar-refractivity contribution in [3.05, 3.63) is 92.9 Å². The standard InChI is InChI=1S/C31H31Cl3F3N3O4S/c1-20(30(42)38-23-8-4-2-5-9-23)39(18-21-12-13-22(32)16-28(21)34)29(41)19-40(45(43,44)25-10-6-3-7-11-25)24-14-15-27(33)26(17-24)31(35,36)37/h3,6-7,10-17,20,23H,2,4-5,8-9,18-19H2,1H3,(H,38,42). The zero-order valence-electron chi connectivity index (χ0n) is 24.2. The number of benzene rings is 3. The third kappa shape index (κ3) is 8.64. The van der Waals surface area contributed by atoms with E-state index in [-0.39, 0.29) is 22.5 Å². The average Bonchev–Trinajstić information content (AvgIpc) is 2.99. The molecule has 1 atom stereocenters. The van der Waals surface area contributed by atoms with Gasteiger partial charge in [-0.15, -0.1) is 0 Å². The minimum atomic E-state index is -4.90. The quantitative estimate of drug-likeness (QED) is 0.234. The average molecular weight is 705 g/mol. The molecule has 0 aliphatic heterocycles.